The Morgan fingerprint density at radius 1 is 0.806 bits per heavy atom. The van der Waals surface area contributed by atoms with E-state index in [0.29, 0.717) is 6.61 Å². The van der Waals surface area contributed by atoms with Crippen LogP contribution in [0.25, 0.3) is 0 Å². The predicted molar refractivity (Wildman–Crippen MR) is 159 cm³/mol. The van der Waals surface area contributed by atoms with E-state index in [1.807, 2.05) is 20.8 Å². The van der Waals surface area contributed by atoms with E-state index in [4.69, 9.17) is 13.6 Å². The molecule has 0 spiro atoms. The molecule has 0 aliphatic rings. The van der Waals surface area contributed by atoms with Crippen molar-refractivity contribution < 1.29 is 18.4 Å². The maximum absolute atomic E-state index is 13.0. The van der Waals surface area contributed by atoms with E-state index in [1.165, 1.54) is 0 Å². The number of aryl methyl sites for hydroxylation is 1. The predicted octanol–water partition coefficient (Wildman–Crippen LogP) is 8.95. The first kappa shape index (κ1) is 32.9. The van der Waals surface area contributed by atoms with Gasteiger partial charge in [0.2, 0.25) is 8.32 Å². The molecule has 0 saturated carbocycles. The van der Waals surface area contributed by atoms with Gasteiger partial charge in [-0.25, -0.2) is 0 Å². The van der Waals surface area contributed by atoms with Crippen LogP contribution in [-0.2, 0) is 25.8 Å². The quantitative estimate of drug-likeness (QED) is 0.233. The first-order valence-corrected chi connectivity index (χ1v) is 19.3. The van der Waals surface area contributed by atoms with Crippen molar-refractivity contribution in [3.63, 3.8) is 0 Å². The summed E-state index contributed by atoms with van der Waals surface area (Å²) in [6.45, 7) is 35.8. The summed E-state index contributed by atoms with van der Waals surface area (Å²) in [5.74, 6) is 0.707. The number of hydrogen-bond donors (Lipinski definition) is 0. The van der Waals surface area contributed by atoms with Gasteiger partial charge in [-0.05, 0) is 93.0 Å². The highest BCUT2D eigenvalue weighted by Gasteiger charge is 2.41. The summed E-state index contributed by atoms with van der Waals surface area (Å²) >= 11 is 0. The van der Waals surface area contributed by atoms with Gasteiger partial charge in [0.15, 0.2) is 8.32 Å². The Labute approximate surface area is 225 Å². The Kier molecular flexibility index (Phi) is 10.00. The summed E-state index contributed by atoms with van der Waals surface area (Å²) < 4.78 is 19.2. The molecule has 0 aliphatic carbocycles. The van der Waals surface area contributed by atoms with Gasteiger partial charge in [0.1, 0.15) is 11.4 Å². The van der Waals surface area contributed by atoms with Crippen LogP contribution < -0.4 is 4.43 Å². The number of ether oxygens (including phenoxy) is 1. The van der Waals surface area contributed by atoms with Crippen LogP contribution in [-0.4, -0.2) is 34.8 Å². The summed E-state index contributed by atoms with van der Waals surface area (Å²) in [5, 5.41) is 0.231. The lowest BCUT2D eigenvalue weighted by atomic mass is 9.77. The lowest BCUT2D eigenvalue weighted by Crippen LogP contribution is -2.44. The Morgan fingerprint density at radius 3 is 1.75 bits per heavy atom. The fourth-order valence-corrected chi connectivity index (χ4v) is 5.74. The van der Waals surface area contributed by atoms with E-state index in [1.54, 1.807) is 0 Å². The fourth-order valence-electron chi connectivity index (χ4n) is 3.68. The number of rotatable bonds is 9. The van der Waals surface area contributed by atoms with E-state index in [9.17, 15) is 4.79 Å². The normalized spacial score (nSPS) is 14.1. The van der Waals surface area contributed by atoms with Crippen molar-refractivity contribution in [3.05, 3.63) is 28.8 Å². The molecule has 208 valence electrons. The summed E-state index contributed by atoms with van der Waals surface area (Å²) in [4.78, 5) is 13.0. The molecule has 6 heteroatoms. The smallest absolute Gasteiger partial charge is 0.310 e. The summed E-state index contributed by atoms with van der Waals surface area (Å²) in [6.07, 6.45) is 1.08. The molecule has 0 atom stereocenters. The number of benzene rings is 1. The van der Waals surface area contributed by atoms with Crippen LogP contribution in [0.3, 0.4) is 0 Å². The van der Waals surface area contributed by atoms with Crippen molar-refractivity contribution in [2.75, 3.05) is 6.61 Å². The van der Waals surface area contributed by atoms with Crippen LogP contribution in [0.2, 0.25) is 36.3 Å². The molecule has 1 aromatic rings. The van der Waals surface area contributed by atoms with Crippen molar-refractivity contribution >= 4 is 22.6 Å². The zero-order valence-electron chi connectivity index (χ0n) is 26.4. The second-order valence-electron chi connectivity index (χ2n) is 15.2. The molecule has 0 fully saturated rings. The standard InChI is InChI=1S/C30H56O4Si2/c1-22-19-23(21-25(31)33-27(2,3)4)26(24(20-22)34-36(15,16)29(8,9)10)30(11,12)17-18-32-35(13,14)28(5,6)7/h19-20H,17-18,21H2,1-16H3. The Balaban J connectivity index is 3.54. The van der Waals surface area contributed by atoms with Crippen LogP contribution in [0, 0.1) is 6.92 Å². The Bertz CT molecular complexity index is 911. The molecule has 0 aliphatic heterocycles. The molecule has 0 saturated heterocycles. The van der Waals surface area contributed by atoms with Gasteiger partial charge < -0.3 is 13.6 Å². The molecule has 0 unspecified atom stereocenters. The first-order chi connectivity index (χ1) is 15.8. The minimum absolute atomic E-state index is 0.0644. The maximum Gasteiger partial charge on any atom is 0.310 e. The van der Waals surface area contributed by atoms with Gasteiger partial charge in [0.05, 0.1) is 6.42 Å². The van der Waals surface area contributed by atoms with Gasteiger partial charge >= 0.3 is 5.97 Å². The van der Waals surface area contributed by atoms with Crippen LogP contribution in [0.4, 0.5) is 0 Å². The summed E-state index contributed by atoms with van der Waals surface area (Å²) in [6, 6.07) is 4.29. The van der Waals surface area contributed by atoms with Crippen LogP contribution in [0.15, 0.2) is 12.1 Å². The van der Waals surface area contributed by atoms with Crippen molar-refractivity contribution in [2.24, 2.45) is 0 Å². The van der Waals surface area contributed by atoms with Crippen molar-refractivity contribution in [2.45, 2.75) is 143 Å². The third kappa shape index (κ3) is 9.02. The SMILES string of the molecule is Cc1cc(CC(=O)OC(C)(C)C)c(C(C)(C)CCO[Si](C)(C)C(C)(C)C)c(O[Si](C)(C)C(C)(C)C)c1. The highest BCUT2D eigenvalue weighted by molar-refractivity contribution is 6.75. The average molecular weight is 537 g/mol. The van der Waals surface area contributed by atoms with Gasteiger partial charge in [-0.15, -0.1) is 0 Å². The second-order valence-corrected chi connectivity index (χ2v) is 24.7. The van der Waals surface area contributed by atoms with E-state index in [2.05, 4.69) is 101 Å². The van der Waals surface area contributed by atoms with Crippen LogP contribution >= 0.6 is 0 Å². The van der Waals surface area contributed by atoms with E-state index >= 15 is 0 Å². The number of carbonyl (C=O) groups excluding carboxylic acids is 1. The molecular weight excluding hydrogens is 480 g/mol. The topological polar surface area (TPSA) is 44.8 Å². The molecule has 0 amide bonds. The highest BCUT2D eigenvalue weighted by atomic mass is 28.4. The van der Waals surface area contributed by atoms with E-state index < -0.39 is 22.2 Å². The van der Waals surface area contributed by atoms with Gasteiger partial charge in [0.25, 0.3) is 0 Å². The van der Waals surface area contributed by atoms with Gasteiger partial charge in [-0.3, -0.25) is 4.79 Å². The average Bonchev–Trinajstić information content (AvgIpc) is 2.56. The van der Waals surface area contributed by atoms with Crippen LogP contribution in [0.1, 0.15) is 99.3 Å². The van der Waals surface area contributed by atoms with Gasteiger partial charge in [-0.1, -0.05) is 61.5 Å². The van der Waals surface area contributed by atoms with Crippen molar-refractivity contribution in [1.29, 1.82) is 0 Å². The maximum atomic E-state index is 13.0. The lowest BCUT2D eigenvalue weighted by molar-refractivity contribution is -0.153. The molecule has 36 heavy (non-hydrogen) atoms. The second kappa shape index (κ2) is 10.9. The number of esters is 1. The van der Waals surface area contributed by atoms with Gasteiger partial charge in [0, 0.05) is 12.2 Å². The van der Waals surface area contributed by atoms with E-state index in [-0.39, 0.29) is 27.9 Å². The molecule has 0 radical (unpaired) electrons. The molecule has 0 N–H and O–H groups in total. The largest absolute Gasteiger partial charge is 0.543 e. The minimum atomic E-state index is -2.11. The van der Waals surface area contributed by atoms with Crippen molar-refractivity contribution in [3.8, 4) is 5.75 Å². The molecule has 0 heterocycles. The third-order valence-corrected chi connectivity index (χ3v) is 16.8. The van der Waals surface area contributed by atoms with E-state index in [0.717, 1.165) is 28.9 Å². The summed E-state index contributed by atoms with van der Waals surface area (Å²) in [5.41, 5.74) is 2.44. The number of carbonyl (C=O) groups is 1. The molecule has 4 nitrogen and oxygen atoms in total. The minimum Gasteiger partial charge on any atom is -0.543 e. The number of hydrogen-bond acceptors (Lipinski definition) is 4. The summed E-state index contributed by atoms with van der Waals surface area (Å²) in [7, 11) is -3.96. The molecule has 0 bridgehead atoms. The Hall–Kier alpha value is -1.12. The van der Waals surface area contributed by atoms with Gasteiger partial charge in [-0.2, -0.15) is 0 Å². The third-order valence-electron chi connectivity index (χ3n) is 7.93. The molecule has 1 rings (SSSR count). The van der Waals surface area contributed by atoms with Crippen molar-refractivity contribution in [1.82, 2.24) is 0 Å². The lowest BCUT2D eigenvalue weighted by Gasteiger charge is -2.40. The molecule has 1 aromatic carbocycles. The highest BCUT2D eigenvalue weighted by Crippen LogP contribution is 2.44. The zero-order valence-corrected chi connectivity index (χ0v) is 28.4. The fraction of sp³-hybridized carbons (Fsp3) is 0.767. The zero-order chi connectivity index (χ0) is 28.5. The Morgan fingerprint density at radius 2 is 1.31 bits per heavy atom. The van der Waals surface area contributed by atoms with Crippen LogP contribution in [0.5, 0.6) is 5.75 Å². The monoisotopic (exact) mass is 536 g/mol. The first-order valence-electron chi connectivity index (χ1n) is 13.5. The molecular formula is C30H56O4Si2. The molecule has 0 aromatic heterocycles.